The number of fused-ring (bicyclic) bond motifs is 3. The summed E-state index contributed by atoms with van der Waals surface area (Å²) >= 11 is 0. The van der Waals surface area contributed by atoms with Crippen LogP contribution in [0.2, 0.25) is 0 Å². The predicted molar refractivity (Wildman–Crippen MR) is 88.4 cm³/mol. The highest BCUT2D eigenvalue weighted by Crippen LogP contribution is 2.32. The Balaban J connectivity index is 1.64. The molecule has 4 aliphatic rings. The predicted octanol–water partition coefficient (Wildman–Crippen LogP) is -1.02. The lowest BCUT2D eigenvalue weighted by Gasteiger charge is -2.46. The lowest BCUT2D eigenvalue weighted by molar-refractivity contribution is -0.141. The van der Waals surface area contributed by atoms with Gasteiger partial charge in [0.15, 0.2) is 0 Å². The second-order valence-corrected chi connectivity index (χ2v) is 7.35. The summed E-state index contributed by atoms with van der Waals surface area (Å²) in [7, 11) is 0. The van der Waals surface area contributed by atoms with Gasteiger partial charge in [-0.2, -0.15) is 0 Å². The summed E-state index contributed by atoms with van der Waals surface area (Å²) in [4.78, 5) is 25.8. The number of primary amides is 1. The molecule has 4 fully saturated rings. The van der Waals surface area contributed by atoms with Crippen LogP contribution in [0.3, 0.4) is 0 Å². The first-order chi connectivity index (χ1) is 12.6. The molecule has 5 N–H and O–H groups in total. The Morgan fingerprint density at radius 1 is 1.27 bits per heavy atom. The van der Waals surface area contributed by atoms with Crippen LogP contribution in [-0.4, -0.2) is 73.5 Å². The van der Waals surface area contributed by atoms with E-state index >= 15 is 0 Å². The molecule has 4 heterocycles. The lowest BCUT2D eigenvalue weighted by Crippen LogP contribution is -2.68. The van der Waals surface area contributed by atoms with Gasteiger partial charge >= 0.3 is 6.03 Å². The van der Waals surface area contributed by atoms with Crippen LogP contribution in [0, 0.1) is 5.92 Å². The Hall–Kier alpha value is -1.49. The standard InChI is InChI=1S/C16H26FN5O4/c17-9-7-8(12(18)23)15-21-14(9)22-11-10(25-5-1-2-6-26-15)3-4-19-13(11)20-16(22)24/h8-11,13-15,19,21H,1-7H2,(H2,18,23)(H,20,24). The van der Waals surface area contributed by atoms with E-state index < -0.39 is 30.4 Å². The third kappa shape index (κ3) is 3.15. The zero-order chi connectivity index (χ0) is 18.3. The molecule has 4 saturated heterocycles. The number of hydrogen-bond acceptors (Lipinski definition) is 6. The number of amides is 3. The first kappa shape index (κ1) is 17.9. The van der Waals surface area contributed by atoms with Gasteiger partial charge < -0.3 is 20.5 Å². The minimum absolute atomic E-state index is 0.0716. The smallest absolute Gasteiger partial charge is 0.320 e. The van der Waals surface area contributed by atoms with E-state index in [9.17, 15) is 14.0 Å². The van der Waals surface area contributed by atoms with Crippen molar-refractivity contribution < 1.29 is 23.5 Å². The molecular formula is C16H26FN5O4. The number of nitrogens with one attached hydrogen (secondary N) is 3. The van der Waals surface area contributed by atoms with E-state index in [1.165, 1.54) is 4.90 Å². The van der Waals surface area contributed by atoms with Crippen molar-refractivity contribution in [3.8, 4) is 0 Å². The van der Waals surface area contributed by atoms with Crippen molar-refractivity contribution >= 4 is 11.9 Å². The zero-order valence-electron chi connectivity index (χ0n) is 14.5. The number of nitrogens with zero attached hydrogens (tertiary/aromatic N) is 1. The molecule has 0 aliphatic carbocycles. The molecule has 0 aromatic heterocycles. The van der Waals surface area contributed by atoms with Crippen molar-refractivity contribution in [1.29, 1.82) is 0 Å². The number of hydrogen-bond donors (Lipinski definition) is 4. The molecule has 0 saturated carbocycles. The van der Waals surface area contributed by atoms with E-state index in [4.69, 9.17) is 15.2 Å². The highest BCUT2D eigenvalue weighted by Gasteiger charge is 2.53. The number of carbonyl (C=O) groups excluding carboxylic acids is 2. The molecule has 2 bridgehead atoms. The van der Waals surface area contributed by atoms with E-state index in [0.29, 0.717) is 13.2 Å². The molecule has 7 atom stereocenters. The van der Waals surface area contributed by atoms with Crippen molar-refractivity contribution in [3.63, 3.8) is 0 Å². The van der Waals surface area contributed by atoms with E-state index in [1.807, 2.05) is 0 Å². The normalized spacial score (nSPS) is 43.7. The third-order valence-corrected chi connectivity index (χ3v) is 5.71. The van der Waals surface area contributed by atoms with Crippen molar-refractivity contribution in [2.45, 2.75) is 62.6 Å². The topological polar surface area (TPSA) is 118 Å². The number of alkyl halides is 1. The maximum Gasteiger partial charge on any atom is 0.320 e. The second-order valence-electron chi connectivity index (χ2n) is 7.35. The maximum atomic E-state index is 15.0. The molecule has 0 radical (unpaired) electrons. The minimum atomic E-state index is -1.43. The minimum Gasteiger partial charge on any atom is -0.376 e. The fraction of sp³-hybridized carbons (Fsp3) is 0.875. The molecule has 7 unspecified atom stereocenters. The quantitative estimate of drug-likeness (QED) is 0.469. The van der Waals surface area contributed by atoms with Crippen molar-refractivity contribution in [2.24, 2.45) is 11.7 Å². The van der Waals surface area contributed by atoms with Crippen molar-refractivity contribution in [1.82, 2.24) is 20.9 Å². The number of ether oxygens (including phenoxy) is 2. The molecule has 146 valence electrons. The Kier molecular flexibility index (Phi) is 5.00. The van der Waals surface area contributed by atoms with Crippen LogP contribution in [0.5, 0.6) is 0 Å². The number of piperidine rings is 2. The molecule has 4 aliphatic heterocycles. The van der Waals surface area contributed by atoms with Gasteiger partial charge in [-0.3, -0.25) is 20.3 Å². The molecule has 9 nitrogen and oxygen atoms in total. The highest BCUT2D eigenvalue weighted by molar-refractivity contribution is 5.79. The summed E-state index contributed by atoms with van der Waals surface area (Å²) in [5.74, 6) is -1.36. The number of nitrogens with two attached hydrogens (primary N) is 1. The Morgan fingerprint density at radius 2 is 2.04 bits per heavy atom. The number of carbonyl (C=O) groups is 2. The van der Waals surface area contributed by atoms with Crippen LogP contribution in [0.15, 0.2) is 0 Å². The van der Waals surface area contributed by atoms with Crippen LogP contribution < -0.4 is 21.7 Å². The molecule has 26 heavy (non-hydrogen) atoms. The SMILES string of the molecule is NC(=O)C1CC(F)C2NC1OCCCCOC1CCNC3NC(=O)N2C31. The van der Waals surface area contributed by atoms with Crippen molar-refractivity contribution in [2.75, 3.05) is 19.8 Å². The monoisotopic (exact) mass is 371 g/mol. The number of halogens is 1. The molecule has 4 rings (SSSR count). The summed E-state index contributed by atoms with van der Waals surface area (Å²) in [5.41, 5.74) is 5.44. The fourth-order valence-electron chi connectivity index (χ4n) is 4.42. The average molecular weight is 371 g/mol. The Bertz CT molecular complexity index is 567. The Morgan fingerprint density at radius 3 is 2.81 bits per heavy atom. The van der Waals surface area contributed by atoms with E-state index in [0.717, 1.165) is 25.8 Å². The van der Waals surface area contributed by atoms with E-state index in [2.05, 4.69) is 16.0 Å². The highest BCUT2D eigenvalue weighted by atomic mass is 19.1. The summed E-state index contributed by atoms with van der Waals surface area (Å²) in [6.45, 7) is 1.70. The first-order valence-corrected chi connectivity index (χ1v) is 9.31. The maximum absolute atomic E-state index is 15.0. The Labute approximate surface area is 151 Å². The molecule has 0 aromatic carbocycles. The van der Waals surface area contributed by atoms with Crippen molar-refractivity contribution in [3.05, 3.63) is 0 Å². The van der Waals surface area contributed by atoms with Crippen LogP contribution in [0.4, 0.5) is 9.18 Å². The molecular weight excluding hydrogens is 345 g/mol. The van der Waals surface area contributed by atoms with Crippen LogP contribution in [0.1, 0.15) is 25.7 Å². The van der Waals surface area contributed by atoms with Gasteiger partial charge in [0.25, 0.3) is 0 Å². The van der Waals surface area contributed by atoms with Gasteiger partial charge in [0.1, 0.15) is 24.7 Å². The van der Waals surface area contributed by atoms with Gasteiger partial charge in [-0.05, 0) is 32.2 Å². The molecule has 0 spiro atoms. The van der Waals surface area contributed by atoms with Crippen LogP contribution in [0.25, 0.3) is 0 Å². The average Bonchev–Trinajstić information content (AvgIpc) is 2.94. The van der Waals surface area contributed by atoms with E-state index in [1.54, 1.807) is 0 Å². The van der Waals surface area contributed by atoms with Gasteiger partial charge in [-0.25, -0.2) is 9.18 Å². The number of rotatable bonds is 1. The van der Waals surface area contributed by atoms with Gasteiger partial charge in [0.2, 0.25) is 5.91 Å². The number of urea groups is 1. The second kappa shape index (κ2) is 7.26. The summed E-state index contributed by atoms with van der Waals surface area (Å²) in [5, 5.41) is 9.16. The largest absolute Gasteiger partial charge is 0.376 e. The summed E-state index contributed by atoms with van der Waals surface area (Å²) < 4.78 is 26.8. The fourth-order valence-corrected chi connectivity index (χ4v) is 4.42. The lowest BCUT2D eigenvalue weighted by atomic mass is 9.91. The summed E-state index contributed by atoms with van der Waals surface area (Å²) in [6, 6.07) is -0.673. The van der Waals surface area contributed by atoms with Gasteiger partial charge in [0, 0.05) is 13.2 Å². The van der Waals surface area contributed by atoms with Crippen LogP contribution in [-0.2, 0) is 14.3 Å². The van der Waals surface area contributed by atoms with Gasteiger partial charge in [0.05, 0.1) is 18.1 Å². The van der Waals surface area contributed by atoms with E-state index in [-0.39, 0.29) is 30.8 Å². The summed E-state index contributed by atoms with van der Waals surface area (Å²) in [6.07, 6.45) is -1.21. The van der Waals surface area contributed by atoms with Crippen LogP contribution >= 0.6 is 0 Å². The molecule has 0 aromatic rings. The molecule has 3 amide bonds. The molecule has 10 heteroatoms. The van der Waals surface area contributed by atoms with Gasteiger partial charge in [-0.15, -0.1) is 0 Å². The zero-order valence-corrected chi connectivity index (χ0v) is 14.5. The first-order valence-electron chi connectivity index (χ1n) is 9.31. The third-order valence-electron chi connectivity index (χ3n) is 5.71. The van der Waals surface area contributed by atoms with Gasteiger partial charge in [-0.1, -0.05) is 0 Å².